The smallest absolute Gasteiger partial charge is 0.252 e. The monoisotopic (exact) mass is 395 g/mol. The minimum atomic E-state index is -0.590. The zero-order valence-electron chi connectivity index (χ0n) is 16.6. The molecule has 4 rings (SSSR count). The average molecular weight is 395 g/mol. The first-order valence-electron chi connectivity index (χ1n) is 10.1. The maximum Gasteiger partial charge on any atom is 0.252 e. The zero-order valence-corrected chi connectivity index (χ0v) is 16.6. The predicted octanol–water partition coefficient (Wildman–Crippen LogP) is 2.16. The van der Waals surface area contributed by atoms with Crippen molar-refractivity contribution in [3.8, 4) is 0 Å². The fourth-order valence-corrected chi connectivity index (χ4v) is 4.67. The molecule has 2 aromatic carbocycles. The number of halogens is 1. The number of likely N-dealkylation sites (N-methyl/N-ethyl adjacent to an activating group) is 1. The van der Waals surface area contributed by atoms with Gasteiger partial charge < -0.3 is 15.5 Å². The summed E-state index contributed by atoms with van der Waals surface area (Å²) < 4.78 is 13.8. The van der Waals surface area contributed by atoms with Crippen LogP contribution in [0.25, 0.3) is 0 Å². The maximum absolute atomic E-state index is 13.8. The van der Waals surface area contributed by atoms with Crippen LogP contribution in [0.1, 0.15) is 27.9 Å². The number of amides is 2. The van der Waals surface area contributed by atoms with Gasteiger partial charge in [0.15, 0.2) is 0 Å². The molecular weight excluding hydrogens is 369 g/mol. The third-order valence-corrected chi connectivity index (χ3v) is 6.15. The lowest BCUT2D eigenvalue weighted by Gasteiger charge is -2.34. The molecule has 2 aliphatic rings. The molecule has 1 fully saturated rings. The van der Waals surface area contributed by atoms with Crippen molar-refractivity contribution >= 4 is 11.8 Å². The van der Waals surface area contributed by atoms with Gasteiger partial charge in [0.1, 0.15) is 5.82 Å². The molecule has 1 saturated heterocycles. The highest BCUT2D eigenvalue weighted by molar-refractivity contribution is 5.97. The van der Waals surface area contributed by atoms with Crippen molar-refractivity contribution < 1.29 is 14.0 Å². The number of aryl methyl sites for hydroxylation is 1. The number of hydrogen-bond donors (Lipinski definition) is 2. The van der Waals surface area contributed by atoms with Crippen LogP contribution in [0.2, 0.25) is 0 Å². The van der Waals surface area contributed by atoms with Gasteiger partial charge in [0.2, 0.25) is 5.91 Å². The zero-order chi connectivity index (χ0) is 20.4. The molecule has 2 N–H and O–H groups in total. The molecule has 0 radical (unpaired) electrons. The van der Waals surface area contributed by atoms with Crippen LogP contribution >= 0.6 is 0 Å². The fourth-order valence-electron chi connectivity index (χ4n) is 4.67. The quantitative estimate of drug-likeness (QED) is 0.834. The van der Waals surface area contributed by atoms with Crippen molar-refractivity contribution in [2.24, 2.45) is 5.92 Å². The molecular formula is C23H26FN3O2. The SMILES string of the molecule is CN1C[C@@H](C(=O)NCCc2ccccc2F)[C@@]2(CCc3ccccc3C(=O)N2)C1. The number of nitrogens with one attached hydrogen (secondary N) is 2. The Kier molecular flexibility index (Phi) is 5.37. The third kappa shape index (κ3) is 3.90. The van der Waals surface area contributed by atoms with Crippen LogP contribution in [0.3, 0.4) is 0 Å². The lowest BCUT2D eigenvalue weighted by molar-refractivity contribution is -0.126. The van der Waals surface area contributed by atoms with E-state index in [4.69, 9.17) is 0 Å². The highest BCUT2D eigenvalue weighted by atomic mass is 19.1. The van der Waals surface area contributed by atoms with Crippen molar-refractivity contribution in [3.05, 3.63) is 71.0 Å². The van der Waals surface area contributed by atoms with E-state index in [0.29, 0.717) is 43.6 Å². The standard InChI is InChI=1S/C23H26FN3O2/c1-27-14-19(22(29)25-13-11-17-7-3-5-9-20(17)24)23(15-27)12-10-16-6-2-4-8-18(16)21(28)26-23/h2-9,19H,10-15H2,1H3,(H,25,29)(H,26,28)/t19-,23+/m0/s1. The van der Waals surface area contributed by atoms with Gasteiger partial charge >= 0.3 is 0 Å². The van der Waals surface area contributed by atoms with Gasteiger partial charge in [-0.3, -0.25) is 9.59 Å². The minimum Gasteiger partial charge on any atom is -0.355 e. The van der Waals surface area contributed by atoms with Gasteiger partial charge in [0, 0.05) is 25.2 Å². The van der Waals surface area contributed by atoms with Gasteiger partial charge in [-0.05, 0) is 49.6 Å². The molecule has 2 amide bonds. The molecule has 0 saturated carbocycles. The second kappa shape index (κ2) is 7.95. The highest BCUT2D eigenvalue weighted by Crippen LogP contribution is 2.34. The number of carbonyl (C=O) groups excluding carboxylic acids is 2. The number of nitrogens with zero attached hydrogens (tertiary/aromatic N) is 1. The topological polar surface area (TPSA) is 61.4 Å². The van der Waals surface area contributed by atoms with Gasteiger partial charge in [-0.15, -0.1) is 0 Å². The fraction of sp³-hybridized carbons (Fsp3) is 0.391. The second-order valence-electron chi connectivity index (χ2n) is 8.15. The van der Waals surface area contributed by atoms with Gasteiger partial charge in [-0.1, -0.05) is 36.4 Å². The summed E-state index contributed by atoms with van der Waals surface area (Å²) in [5.74, 6) is -0.798. The van der Waals surface area contributed by atoms with E-state index in [1.165, 1.54) is 6.07 Å². The van der Waals surface area contributed by atoms with Crippen molar-refractivity contribution in [2.45, 2.75) is 24.8 Å². The Morgan fingerprint density at radius 3 is 2.83 bits per heavy atom. The second-order valence-corrected chi connectivity index (χ2v) is 8.15. The Labute approximate surface area is 170 Å². The predicted molar refractivity (Wildman–Crippen MR) is 109 cm³/mol. The van der Waals surface area contributed by atoms with E-state index in [1.54, 1.807) is 18.2 Å². The van der Waals surface area contributed by atoms with E-state index < -0.39 is 5.54 Å². The van der Waals surface area contributed by atoms with Crippen LogP contribution in [0, 0.1) is 11.7 Å². The van der Waals surface area contributed by atoms with Gasteiger partial charge in [-0.2, -0.15) is 0 Å². The van der Waals surface area contributed by atoms with E-state index in [0.717, 1.165) is 12.0 Å². The maximum atomic E-state index is 13.8. The summed E-state index contributed by atoms with van der Waals surface area (Å²) in [4.78, 5) is 28.0. The Bertz CT molecular complexity index is 932. The van der Waals surface area contributed by atoms with Crippen LogP contribution in [0.5, 0.6) is 0 Å². The van der Waals surface area contributed by atoms with Crippen molar-refractivity contribution in [3.63, 3.8) is 0 Å². The summed E-state index contributed by atoms with van der Waals surface area (Å²) in [5, 5.41) is 6.15. The van der Waals surface area contributed by atoms with Gasteiger partial charge in [0.25, 0.3) is 5.91 Å². The minimum absolute atomic E-state index is 0.0862. The lowest BCUT2D eigenvalue weighted by Crippen LogP contribution is -2.57. The molecule has 5 nitrogen and oxygen atoms in total. The van der Waals surface area contributed by atoms with Crippen molar-refractivity contribution in [1.82, 2.24) is 15.5 Å². The summed E-state index contributed by atoms with van der Waals surface area (Å²) >= 11 is 0. The molecule has 2 atom stereocenters. The molecule has 6 heteroatoms. The largest absolute Gasteiger partial charge is 0.355 e. The first-order chi connectivity index (χ1) is 14.0. The molecule has 2 aliphatic heterocycles. The summed E-state index contributed by atoms with van der Waals surface area (Å²) in [6.07, 6.45) is 1.90. The summed E-state index contributed by atoms with van der Waals surface area (Å²) in [6.45, 7) is 1.59. The molecule has 0 aliphatic carbocycles. The lowest BCUT2D eigenvalue weighted by atomic mass is 9.82. The third-order valence-electron chi connectivity index (χ3n) is 6.15. The summed E-state index contributed by atoms with van der Waals surface area (Å²) in [7, 11) is 1.97. The molecule has 29 heavy (non-hydrogen) atoms. The normalized spacial score (nSPS) is 24.1. The van der Waals surface area contributed by atoms with E-state index in [9.17, 15) is 14.0 Å². The van der Waals surface area contributed by atoms with E-state index >= 15 is 0 Å². The van der Waals surface area contributed by atoms with Crippen molar-refractivity contribution in [1.29, 1.82) is 0 Å². The van der Waals surface area contributed by atoms with E-state index in [1.807, 2.05) is 31.3 Å². The molecule has 2 aromatic rings. The molecule has 0 unspecified atom stereocenters. The van der Waals surface area contributed by atoms with Gasteiger partial charge in [-0.25, -0.2) is 4.39 Å². The van der Waals surface area contributed by atoms with Crippen molar-refractivity contribution in [2.75, 3.05) is 26.7 Å². The Morgan fingerprint density at radius 2 is 2.00 bits per heavy atom. The number of likely N-dealkylation sites (tertiary alicyclic amines) is 1. The number of fused-ring (bicyclic) bond motifs is 1. The Balaban J connectivity index is 1.47. The molecule has 1 spiro atoms. The molecule has 152 valence electrons. The Hall–Kier alpha value is -2.73. The first kappa shape index (κ1) is 19.6. The highest BCUT2D eigenvalue weighted by Gasteiger charge is 2.50. The van der Waals surface area contributed by atoms with E-state index in [2.05, 4.69) is 15.5 Å². The van der Waals surface area contributed by atoms with Crippen LogP contribution in [0.4, 0.5) is 4.39 Å². The number of benzene rings is 2. The summed E-state index contributed by atoms with van der Waals surface area (Å²) in [6, 6.07) is 14.2. The first-order valence-corrected chi connectivity index (χ1v) is 10.1. The number of carbonyl (C=O) groups is 2. The van der Waals surface area contributed by atoms with Crippen LogP contribution < -0.4 is 10.6 Å². The number of hydrogen-bond acceptors (Lipinski definition) is 3. The van der Waals surface area contributed by atoms with E-state index in [-0.39, 0.29) is 23.5 Å². The van der Waals surface area contributed by atoms with Gasteiger partial charge in [0.05, 0.1) is 11.5 Å². The number of rotatable bonds is 4. The van der Waals surface area contributed by atoms with Crippen LogP contribution in [-0.2, 0) is 17.6 Å². The average Bonchev–Trinajstić information content (AvgIpc) is 2.96. The summed E-state index contributed by atoms with van der Waals surface area (Å²) in [5.41, 5.74) is 1.71. The van der Waals surface area contributed by atoms with Crippen LogP contribution in [0.15, 0.2) is 48.5 Å². The Morgan fingerprint density at radius 1 is 1.24 bits per heavy atom. The van der Waals surface area contributed by atoms with Crippen LogP contribution in [-0.4, -0.2) is 48.9 Å². The molecule has 0 bridgehead atoms. The molecule has 0 aromatic heterocycles. The molecule has 2 heterocycles.